The first-order chi connectivity index (χ1) is 19.5. The Kier molecular flexibility index (Phi) is 7.47. The number of carbonyl (C=O) groups excluding carboxylic acids is 1. The minimum atomic E-state index is -1.50. The molecule has 1 heterocycles. The number of benzene rings is 3. The van der Waals surface area contributed by atoms with Crippen LogP contribution in [0.15, 0.2) is 66.7 Å². The minimum Gasteiger partial charge on any atom is -0.357 e. The maximum Gasteiger partial charge on any atom is 0.235 e. The Labute approximate surface area is 234 Å². The van der Waals surface area contributed by atoms with E-state index >= 15 is 9.18 Å². The highest BCUT2D eigenvalue weighted by Gasteiger charge is 2.55. The van der Waals surface area contributed by atoms with Gasteiger partial charge in [0.1, 0.15) is 11.5 Å². The number of fused-ring (bicyclic) bond motifs is 1. The molecular formula is C33H36F3N3O. The van der Waals surface area contributed by atoms with Gasteiger partial charge in [-0.25, -0.2) is 13.2 Å². The van der Waals surface area contributed by atoms with Crippen molar-refractivity contribution in [1.29, 1.82) is 0 Å². The maximum atomic E-state index is 15.8. The molecule has 7 heteroatoms. The van der Waals surface area contributed by atoms with Crippen molar-refractivity contribution >= 4 is 23.0 Å². The summed E-state index contributed by atoms with van der Waals surface area (Å²) in [5.74, 6) is -4.25. The molecule has 3 aliphatic rings. The third-order valence-electron chi connectivity index (χ3n) is 9.09. The normalized spacial score (nSPS) is 19.8. The second kappa shape index (κ2) is 11.2. The summed E-state index contributed by atoms with van der Waals surface area (Å²) in [4.78, 5) is 17.1. The van der Waals surface area contributed by atoms with Crippen LogP contribution in [0.1, 0.15) is 69.8 Å². The summed E-state index contributed by atoms with van der Waals surface area (Å²) in [7, 11) is 0. The Bertz CT molecular complexity index is 1330. The van der Waals surface area contributed by atoms with Crippen LogP contribution >= 0.6 is 0 Å². The smallest absolute Gasteiger partial charge is 0.235 e. The van der Waals surface area contributed by atoms with Gasteiger partial charge < -0.3 is 15.5 Å². The number of amides is 1. The highest BCUT2D eigenvalue weighted by atomic mass is 19.2. The van der Waals surface area contributed by atoms with Gasteiger partial charge in [-0.2, -0.15) is 0 Å². The van der Waals surface area contributed by atoms with Crippen molar-refractivity contribution < 1.29 is 18.0 Å². The molecule has 1 atom stereocenters. The number of nitrogens with zero attached hydrogens (tertiary/aromatic N) is 1. The van der Waals surface area contributed by atoms with Gasteiger partial charge in [-0.15, -0.1) is 0 Å². The zero-order valence-electron chi connectivity index (χ0n) is 22.6. The molecule has 2 saturated carbocycles. The third kappa shape index (κ3) is 4.84. The molecule has 0 spiro atoms. The molecule has 0 radical (unpaired) electrons. The van der Waals surface area contributed by atoms with Crippen molar-refractivity contribution in [2.24, 2.45) is 11.8 Å². The predicted octanol–water partition coefficient (Wildman–Crippen LogP) is 8.36. The molecule has 3 aromatic carbocycles. The summed E-state index contributed by atoms with van der Waals surface area (Å²) < 4.78 is 44.9. The summed E-state index contributed by atoms with van der Waals surface area (Å²) in [5.41, 5.74) is 0.636. The SMILES string of the molecule is O=C(C(C1CCCCC1)C1(c2cc(F)c(F)cc2F)Nc2ccccc2N1)N(c1ccccc1)C1CCCCC1. The number of hydrogen-bond acceptors (Lipinski definition) is 3. The molecule has 6 rings (SSSR count). The first-order valence-electron chi connectivity index (χ1n) is 14.7. The van der Waals surface area contributed by atoms with Crippen LogP contribution in [-0.2, 0) is 10.5 Å². The lowest BCUT2D eigenvalue weighted by atomic mass is 9.70. The number of hydrogen-bond donors (Lipinski definition) is 2. The van der Waals surface area contributed by atoms with E-state index in [0.29, 0.717) is 17.4 Å². The monoisotopic (exact) mass is 547 g/mol. The first-order valence-corrected chi connectivity index (χ1v) is 14.7. The summed E-state index contributed by atoms with van der Waals surface area (Å²) >= 11 is 0. The van der Waals surface area contributed by atoms with Crippen LogP contribution in [0.4, 0.5) is 30.2 Å². The number of halogens is 3. The van der Waals surface area contributed by atoms with Crippen LogP contribution in [0.3, 0.4) is 0 Å². The van der Waals surface area contributed by atoms with Gasteiger partial charge in [-0.05, 0) is 61.9 Å². The molecule has 40 heavy (non-hydrogen) atoms. The first kappa shape index (κ1) is 26.7. The summed E-state index contributed by atoms with van der Waals surface area (Å²) in [6.07, 6.45) is 9.63. The Balaban J connectivity index is 1.54. The molecule has 1 aliphatic heterocycles. The van der Waals surface area contributed by atoms with Gasteiger partial charge in [-0.3, -0.25) is 4.79 Å². The second-order valence-corrected chi connectivity index (χ2v) is 11.6. The van der Waals surface area contributed by atoms with Crippen LogP contribution in [0.25, 0.3) is 0 Å². The molecule has 210 valence electrons. The summed E-state index contributed by atoms with van der Waals surface area (Å²) in [6, 6.07) is 18.7. The number of para-hydroxylation sites is 3. The number of carbonyl (C=O) groups is 1. The van der Waals surface area contributed by atoms with E-state index in [9.17, 15) is 8.78 Å². The average Bonchev–Trinajstić information content (AvgIpc) is 3.37. The molecule has 1 amide bonds. The van der Waals surface area contributed by atoms with E-state index < -0.39 is 29.0 Å². The Morgan fingerprint density at radius 3 is 1.90 bits per heavy atom. The number of rotatable bonds is 6. The largest absolute Gasteiger partial charge is 0.357 e. The Morgan fingerprint density at radius 2 is 1.27 bits per heavy atom. The molecule has 2 fully saturated rings. The highest BCUT2D eigenvalue weighted by molar-refractivity contribution is 5.98. The van der Waals surface area contributed by atoms with Crippen molar-refractivity contribution in [3.05, 3.63) is 89.7 Å². The zero-order chi connectivity index (χ0) is 27.7. The van der Waals surface area contributed by atoms with Crippen LogP contribution in [0, 0.1) is 29.3 Å². The topological polar surface area (TPSA) is 44.4 Å². The van der Waals surface area contributed by atoms with Crippen LogP contribution in [-0.4, -0.2) is 11.9 Å². The van der Waals surface area contributed by atoms with E-state index in [1.807, 2.05) is 59.5 Å². The molecule has 4 nitrogen and oxygen atoms in total. The fourth-order valence-corrected chi connectivity index (χ4v) is 7.24. The quantitative estimate of drug-likeness (QED) is 0.305. The molecule has 2 aliphatic carbocycles. The van der Waals surface area contributed by atoms with Gasteiger partial charge in [0.05, 0.1) is 17.3 Å². The van der Waals surface area contributed by atoms with Crippen LogP contribution < -0.4 is 15.5 Å². The van der Waals surface area contributed by atoms with Crippen LogP contribution in [0.2, 0.25) is 0 Å². The van der Waals surface area contributed by atoms with Crippen molar-refractivity contribution in [2.75, 3.05) is 15.5 Å². The lowest BCUT2D eigenvalue weighted by Crippen LogP contribution is -2.58. The Morgan fingerprint density at radius 1 is 0.725 bits per heavy atom. The van der Waals surface area contributed by atoms with E-state index in [2.05, 4.69) is 10.6 Å². The third-order valence-corrected chi connectivity index (χ3v) is 9.09. The summed E-state index contributed by atoms with van der Waals surface area (Å²) in [5, 5.41) is 6.90. The fraction of sp³-hybridized carbons (Fsp3) is 0.424. The maximum absolute atomic E-state index is 15.8. The molecule has 0 aromatic heterocycles. The van der Waals surface area contributed by atoms with Gasteiger partial charge in [0, 0.05) is 23.4 Å². The van der Waals surface area contributed by atoms with Crippen molar-refractivity contribution in [1.82, 2.24) is 0 Å². The van der Waals surface area contributed by atoms with Crippen molar-refractivity contribution in [3.8, 4) is 0 Å². The average molecular weight is 548 g/mol. The molecule has 0 bridgehead atoms. The van der Waals surface area contributed by atoms with Gasteiger partial charge >= 0.3 is 0 Å². The van der Waals surface area contributed by atoms with Crippen molar-refractivity contribution in [3.63, 3.8) is 0 Å². The predicted molar refractivity (Wildman–Crippen MR) is 153 cm³/mol. The van der Waals surface area contributed by atoms with Crippen molar-refractivity contribution in [2.45, 2.75) is 75.9 Å². The molecule has 3 aromatic rings. The van der Waals surface area contributed by atoms with Gasteiger partial charge in [-0.1, -0.05) is 68.9 Å². The van der Waals surface area contributed by atoms with Gasteiger partial charge in [0.2, 0.25) is 5.91 Å². The van der Waals surface area contributed by atoms with Crippen LogP contribution in [0.5, 0.6) is 0 Å². The summed E-state index contributed by atoms with van der Waals surface area (Å²) in [6.45, 7) is 0. The Hall–Kier alpha value is -3.48. The minimum absolute atomic E-state index is 0.0189. The van der Waals surface area contributed by atoms with E-state index in [4.69, 9.17) is 0 Å². The standard InChI is InChI=1S/C33H36F3N3O/c34-26-21-28(36)27(35)20-25(26)33(37-29-18-10-11-19-30(29)38-33)31(22-12-4-1-5-13-22)32(40)39(23-14-6-2-7-15-23)24-16-8-3-9-17-24/h2,6-7,10-11,14-15,18-22,24,31,37-38H,1,3-5,8-9,12-13,16-17H2. The highest BCUT2D eigenvalue weighted by Crippen LogP contribution is 2.50. The van der Waals surface area contributed by atoms with E-state index in [1.54, 1.807) is 0 Å². The fourth-order valence-electron chi connectivity index (χ4n) is 7.24. The number of nitrogens with one attached hydrogen (secondary N) is 2. The van der Waals surface area contributed by atoms with Gasteiger partial charge in [0.25, 0.3) is 0 Å². The van der Waals surface area contributed by atoms with E-state index in [1.165, 1.54) is 0 Å². The zero-order valence-corrected chi connectivity index (χ0v) is 22.6. The lowest BCUT2D eigenvalue weighted by Gasteiger charge is -2.46. The van der Waals surface area contributed by atoms with E-state index in [0.717, 1.165) is 76.0 Å². The molecule has 2 N–H and O–H groups in total. The second-order valence-electron chi connectivity index (χ2n) is 11.6. The molecule has 0 saturated heterocycles. The van der Waals surface area contributed by atoms with Gasteiger partial charge in [0.15, 0.2) is 11.6 Å². The lowest BCUT2D eigenvalue weighted by molar-refractivity contribution is -0.127. The molecular weight excluding hydrogens is 511 g/mol. The number of anilines is 3. The molecule has 1 unspecified atom stereocenters. The van der Waals surface area contributed by atoms with E-state index in [-0.39, 0.29) is 23.4 Å².